The molecule has 5 heteroatoms. The molecule has 0 aliphatic rings. The smallest absolute Gasteiger partial charge is 0.213 e. The number of imidazole rings is 1. The average Bonchev–Trinajstić information content (AvgIpc) is 2.37. The lowest BCUT2D eigenvalue weighted by Gasteiger charge is -1.85. The van der Waals surface area contributed by atoms with Crippen molar-refractivity contribution in [1.29, 1.82) is 0 Å². The first kappa shape index (κ1) is 6.47. The molecule has 52 valence electrons. The summed E-state index contributed by atoms with van der Waals surface area (Å²) < 4.78 is 0. The number of rotatable bonds is 3. The van der Waals surface area contributed by atoms with E-state index in [0.717, 1.165) is 0 Å². The van der Waals surface area contributed by atoms with Gasteiger partial charge in [-0.15, -0.1) is 0 Å². The maximum atomic E-state index is 10.0. The molecule has 0 unspecified atom stereocenters. The van der Waals surface area contributed by atoms with E-state index < -0.39 is 0 Å². The van der Waals surface area contributed by atoms with Crippen molar-refractivity contribution in [2.45, 2.75) is 0 Å². The molecule has 0 fully saturated rings. The van der Waals surface area contributed by atoms with Crippen LogP contribution in [0.15, 0.2) is 6.20 Å². The average molecular weight is 139 g/mol. The second-order valence-electron chi connectivity index (χ2n) is 1.57. The summed E-state index contributed by atoms with van der Waals surface area (Å²) in [5, 5.41) is 2.26. The molecule has 0 aliphatic carbocycles. The number of carbonyl (C=O) groups is 2. The monoisotopic (exact) mass is 139 g/mol. The molecule has 1 rings (SSSR count). The van der Waals surface area contributed by atoms with Crippen molar-refractivity contribution in [3.05, 3.63) is 11.9 Å². The van der Waals surface area contributed by atoms with Gasteiger partial charge in [-0.05, 0) is 0 Å². The van der Waals surface area contributed by atoms with Gasteiger partial charge in [-0.3, -0.25) is 14.9 Å². The molecule has 1 heterocycles. The van der Waals surface area contributed by atoms with Crippen LogP contribution >= 0.6 is 0 Å². The molecule has 0 aromatic carbocycles. The van der Waals surface area contributed by atoms with E-state index in [9.17, 15) is 9.59 Å². The Morgan fingerprint density at radius 1 is 1.60 bits per heavy atom. The van der Waals surface area contributed by atoms with Gasteiger partial charge < -0.3 is 4.98 Å². The van der Waals surface area contributed by atoms with Crippen molar-refractivity contribution >= 4 is 18.6 Å². The van der Waals surface area contributed by atoms with Crippen LogP contribution in [0.1, 0.15) is 10.5 Å². The zero-order valence-electron chi connectivity index (χ0n) is 5.00. The highest BCUT2D eigenvalue weighted by atomic mass is 16.1. The fourth-order valence-corrected chi connectivity index (χ4v) is 0.524. The fraction of sp³-hybridized carbons (Fsp3) is 0. The van der Waals surface area contributed by atoms with E-state index in [1.54, 1.807) is 0 Å². The van der Waals surface area contributed by atoms with E-state index in [4.69, 9.17) is 0 Å². The van der Waals surface area contributed by atoms with Gasteiger partial charge in [-0.25, -0.2) is 4.98 Å². The first-order chi connectivity index (χ1) is 4.86. The molecule has 0 saturated heterocycles. The Morgan fingerprint density at radius 2 is 2.40 bits per heavy atom. The number of aromatic amines is 1. The van der Waals surface area contributed by atoms with Crippen molar-refractivity contribution in [3.63, 3.8) is 0 Å². The molecule has 5 nitrogen and oxygen atoms in total. The second-order valence-corrected chi connectivity index (χ2v) is 1.57. The standard InChI is InChI=1S/C5H5N3O2/c9-2-4-1-6-5(8-4)7-3-10/h1-3H,(H2,6,7,8,10). The summed E-state index contributed by atoms with van der Waals surface area (Å²) in [6.45, 7) is 0. The summed E-state index contributed by atoms with van der Waals surface area (Å²) in [5.41, 5.74) is 0.337. The van der Waals surface area contributed by atoms with Crippen LogP contribution in [0.4, 0.5) is 5.95 Å². The van der Waals surface area contributed by atoms with Gasteiger partial charge in [0.25, 0.3) is 0 Å². The number of carbonyl (C=O) groups excluding carboxylic acids is 2. The van der Waals surface area contributed by atoms with Gasteiger partial charge >= 0.3 is 0 Å². The van der Waals surface area contributed by atoms with Crippen LogP contribution in [0.25, 0.3) is 0 Å². The highest BCUT2D eigenvalue weighted by molar-refractivity contribution is 5.74. The lowest BCUT2D eigenvalue weighted by atomic mass is 10.6. The Kier molecular flexibility index (Phi) is 1.79. The Balaban J connectivity index is 2.77. The zero-order chi connectivity index (χ0) is 7.40. The molecule has 0 atom stereocenters. The van der Waals surface area contributed by atoms with Crippen LogP contribution in [0.3, 0.4) is 0 Å². The lowest BCUT2D eigenvalue weighted by molar-refractivity contribution is -0.105. The minimum atomic E-state index is 0.275. The Hall–Kier alpha value is -1.65. The number of anilines is 1. The summed E-state index contributed by atoms with van der Waals surface area (Å²) >= 11 is 0. The van der Waals surface area contributed by atoms with Gasteiger partial charge in [0.05, 0.1) is 11.9 Å². The van der Waals surface area contributed by atoms with Crippen molar-refractivity contribution < 1.29 is 9.59 Å². The number of amides is 1. The van der Waals surface area contributed by atoms with E-state index in [1.165, 1.54) is 6.20 Å². The van der Waals surface area contributed by atoms with Crippen LogP contribution in [0.2, 0.25) is 0 Å². The maximum Gasteiger partial charge on any atom is 0.213 e. The molecule has 2 N–H and O–H groups in total. The Morgan fingerprint density at radius 3 is 2.90 bits per heavy atom. The highest BCUT2D eigenvalue weighted by Crippen LogP contribution is 1.96. The van der Waals surface area contributed by atoms with Crippen LogP contribution in [-0.2, 0) is 4.79 Å². The first-order valence-electron chi connectivity index (χ1n) is 2.57. The number of H-pyrrole nitrogens is 1. The SMILES string of the molecule is O=CNc1ncc(C=O)[nH]1. The second kappa shape index (κ2) is 2.77. The number of nitrogens with zero attached hydrogens (tertiary/aromatic N) is 1. The van der Waals surface area contributed by atoms with Gasteiger partial charge in [-0.1, -0.05) is 0 Å². The van der Waals surface area contributed by atoms with Crippen LogP contribution in [0, 0.1) is 0 Å². The predicted octanol–water partition coefficient (Wildman–Crippen LogP) is -0.210. The third-order valence-electron chi connectivity index (χ3n) is 0.918. The Labute approximate surface area is 56.5 Å². The summed E-state index contributed by atoms with van der Waals surface area (Å²) in [7, 11) is 0. The summed E-state index contributed by atoms with van der Waals surface area (Å²) in [5.74, 6) is 0.275. The molecule has 1 aromatic heterocycles. The molecular weight excluding hydrogens is 134 g/mol. The van der Waals surface area contributed by atoms with E-state index in [1.807, 2.05) is 0 Å². The van der Waals surface area contributed by atoms with Gasteiger partial charge in [0.15, 0.2) is 6.29 Å². The van der Waals surface area contributed by atoms with Gasteiger partial charge in [0.2, 0.25) is 12.4 Å². The summed E-state index contributed by atoms with van der Waals surface area (Å²) in [6.07, 6.45) is 2.43. The Bertz CT molecular complexity index is 243. The van der Waals surface area contributed by atoms with E-state index in [2.05, 4.69) is 15.3 Å². The molecule has 1 amide bonds. The normalized spacial score (nSPS) is 8.80. The summed E-state index contributed by atoms with van der Waals surface area (Å²) in [6, 6.07) is 0. The minimum Gasteiger partial charge on any atom is -0.322 e. The zero-order valence-corrected chi connectivity index (χ0v) is 5.00. The highest BCUT2D eigenvalue weighted by Gasteiger charge is 1.95. The first-order valence-corrected chi connectivity index (χ1v) is 2.57. The molecule has 0 bridgehead atoms. The number of hydrogen-bond donors (Lipinski definition) is 2. The van der Waals surface area contributed by atoms with Gasteiger partial charge in [0.1, 0.15) is 0 Å². The number of hydrogen-bond acceptors (Lipinski definition) is 3. The van der Waals surface area contributed by atoms with Crippen LogP contribution < -0.4 is 5.32 Å². The van der Waals surface area contributed by atoms with Crippen molar-refractivity contribution in [3.8, 4) is 0 Å². The van der Waals surface area contributed by atoms with Gasteiger partial charge in [0, 0.05) is 0 Å². The molecule has 0 spiro atoms. The molecule has 10 heavy (non-hydrogen) atoms. The third-order valence-corrected chi connectivity index (χ3v) is 0.918. The van der Waals surface area contributed by atoms with Crippen molar-refractivity contribution in [1.82, 2.24) is 9.97 Å². The number of aldehydes is 1. The van der Waals surface area contributed by atoms with Crippen molar-refractivity contribution in [2.24, 2.45) is 0 Å². The maximum absolute atomic E-state index is 10.0. The minimum absolute atomic E-state index is 0.275. The number of aromatic nitrogens is 2. The predicted molar refractivity (Wildman–Crippen MR) is 33.7 cm³/mol. The molecular formula is C5H5N3O2. The van der Waals surface area contributed by atoms with E-state index in [0.29, 0.717) is 18.4 Å². The lowest BCUT2D eigenvalue weighted by Crippen LogP contribution is -1.95. The largest absolute Gasteiger partial charge is 0.322 e. The molecule has 0 radical (unpaired) electrons. The van der Waals surface area contributed by atoms with Crippen LogP contribution in [-0.4, -0.2) is 22.7 Å². The van der Waals surface area contributed by atoms with E-state index >= 15 is 0 Å². The molecule has 1 aromatic rings. The molecule has 0 saturated carbocycles. The number of nitrogens with one attached hydrogen (secondary N) is 2. The van der Waals surface area contributed by atoms with Gasteiger partial charge in [-0.2, -0.15) is 0 Å². The van der Waals surface area contributed by atoms with Crippen molar-refractivity contribution in [2.75, 3.05) is 5.32 Å². The van der Waals surface area contributed by atoms with E-state index in [-0.39, 0.29) is 5.95 Å². The topological polar surface area (TPSA) is 74.8 Å². The fourth-order valence-electron chi connectivity index (χ4n) is 0.524. The summed E-state index contributed by atoms with van der Waals surface area (Å²) in [4.78, 5) is 26.0. The third kappa shape index (κ3) is 1.19. The quantitative estimate of drug-likeness (QED) is 0.569. The molecule has 0 aliphatic heterocycles. The van der Waals surface area contributed by atoms with Crippen LogP contribution in [0.5, 0.6) is 0 Å².